The predicted molar refractivity (Wildman–Crippen MR) is 71.8 cm³/mol. The first-order valence-electron chi connectivity index (χ1n) is 5.71. The third-order valence-electron chi connectivity index (χ3n) is 2.44. The molecule has 0 spiro atoms. The highest BCUT2D eigenvalue weighted by molar-refractivity contribution is 9.08. The molecule has 0 saturated heterocycles. The van der Waals surface area contributed by atoms with Crippen LogP contribution in [0.1, 0.15) is 38.2 Å². The van der Waals surface area contributed by atoms with Gasteiger partial charge in [0.2, 0.25) is 5.91 Å². The van der Waals surface area contributed by atoms with Crippen LogP contribution < -0.4 is 5.32 Å². The van der Waals surface area contributed by atoms with Crippen molar-refractivity contribution in [3.05, 3.63) is 29.8 Å². The van der Waals surface area contributed by atoms with Gasteiger partial charge in [-0.3, -0.25) is 4.79 Å². The third-order valence-corrected chi connectivity index (χ3v) is 3.05. The molecule has 0 aromatic heterocycles. The number of benzene rings is 1. The third kappa shape index (κ3) is 4.35. The summed E-state index contributed by atoms with van der Waals surface area (Å²) in [5.74, 6) is 0.113. The number of hydrogen-bond acceptors (Lipinski definition) is 1. The first-order valence-corrected chi connectivity index (χ1v) is 6.83. The molecule has 0 radical (unpaired) electrons. The molecular formula is C13H18BrNO. The van der Waals surface area contributed by atoms with Crippen LogP contribution in [-0.4, -0.2) is 5.91 Å². The quantitative estimate of drug-likeness (QED) is 0.618. The molecule has 0 aliphatic carbocycles. The topological polar surface area (TPSA) is 29.1 Å². The van der Waals surface area contributed by atoms with Crippen LogP contribution in [0.4, 0.5) is 5.69 Å². The first kappa shape index (κ1) is 13.2. The van der Waals surface area contributed by atoms with Crippen molar-refractivity contribution in [3.63, 3.8) is 0 Å². The van der Waals surface area contributed by atoms with Gasteiger partial charge in [0.05, 0.1) is 0 Å². The van der Waals surface area contributed by atoms with E-state index in [2.05, 4.69) is 28.2 Å². The van der Waals surface area contributed by atoms with Gasteiger partial charge in [0, 0.05) is 17.4 Å². The Kier molecular flexibility index (Phi) is 6.16. The molecule has 0 bridgehead atoms. The van der Waals surface area contributed by atoms with Gasteiger partial charge in [-0.05, 0) is 18.1 Å². The molecule has 3 heteroatoms. The molecule has 0 aliphatic rings. The molecule has 0 fully saturated rings. The second-order valence-corrected chi connectivity index (χ2v) is 4.36. The monoisotopic (exact) mass is 283 g/mol. The van der Waals surface area contributed by atoms with Gasteiger partial charge < -0.3 is 5.32 Å². The van der Waals surface area contributed by atoms with Crippen molar-refractivity contribution in [1.82, 2.24) is 0 Å². The summed E-state index contributed by atoms with van der Waals surface area (Å²) < 4.78 is 0. The van der Waals surface area contributed by atoms with Gasteiger partial charge in [-0.1, -0.05) is 53.9 Å². The van der Waals surface area contributed by atoms with Gasteiger partial charge in [0.1, 0.15) is 0 Å². The van der Waals surface area contributed by atoms with Crippen LogP contribution in [0.2, 0.25) is 0 Å². The van der Waals surface area contributed by atoms with Gasteiger partial charge in [-0.25, -0.2) is 0 Å². The summed E-state index contributed by atoms with van der Waals surface area (Å²) in [6.45, 7) is 2.14. The number of rotatable bonds is 6. The Morgan fingerprint density at radius 3 is 2.75 bits per heavy atom. The maximum absolute atomic E-state index is 11.6. The Balaban J connectivity index is 2.49. The van der Waals surface area contributed by atoms with E-state index in [0.29, 0.717) is 6.42 Å². The van der Waals surface area contributed by atoms with Crippen molar-refractivity contribution in [2.24, 2.45) is 0 Å². The Morgan fingerprint density at radius 1 is 1.31 bits per heavy atom. The smallest absolute Gasteiger partial charge is 0.224 e. The van der Waals surface area contributed by atoms with Crippen LogP contribution in [0.3, 0.4) is 0 Å². The maximum atomic E-state index is 11.6. The summed E-state index contributed by atoms with van der Waals surface area (Å²) in [5.41, 5.74) is 2.03. The maximum Gasteiger partial charge on any atom is 0.224 e. The molecule has 1 aromatic rings. The highest BCUT2D eigenvalue weighted by Gasteiger charge is 2.04. The second-order valence-electron chi connectivity index (χ2n) is 3.80. The summed E-state index contributed by atoms with van der Waals surface area (Å²) in [6, 6.07) is 7.86. The number of hydrogen-bond donors (Lipinski definition) is 1. The molecule has 2 nitrogen and oxygen atoms in total. The molecular weight excluding hydrogens is 266 g/mol. The Bertz CT molecular complexity index is 338. The molecule has 1 N–H and O–H groups in total. The van der Waals surface area contributed by atoms with E-state index in [1.165, 1.54) is 0 Å². The lowest BCUT2D eigenvalue weighted by Gasteiger charge is -2.08. The average molecular weight is 284 g/mol. The fourth-order valence-electron chi connectivity index (χ4n) is 1.51. The Morgan fingerprint density at radius 2 is 2.06 bits per heavy atom. The number of alkyl halides is 1. The lowest BCUT2D eigenvalue weighted by Crippen LogP contribution is -2.12. The van der Waals surface area contributed by atoms with Gasteiger partial charge in [-0.2, -0.15) is 0 Å². The minimum Gasteiger partial charge on any atom is -0.326 e. The van der Waals surface area contributed by atoms with Crippen LogP contribution in [-0.2, 0) is 10.1 Å². The highest BCUT2D eigenvalue weighted by Crippen LogP contribution is 2.18. The number of unbranched alkanes of at least 4 members (excludes halogenated alkanes) is 2. The summed E-state index contributed by atoms with van der Waals surface area (Å²) in [6.07, 6.45) is 3.85. The second kappa shape index (κ2) is 7.44. The van der Waals surface area contributed by atoms with Crippen molar-refractivity contribution in [2.45, 2.75) is 37.9 Å². The zero-order chi connectivity index (χ0) is 11.8. The molecule has 0 aliphatic heterocycles. The molecule has 0 heterocycles. The molecule has 88 valence electrons. The number of halogens is 1. The van der Waals surface area contributed by atoms with Gasteiger partial charge in [-0.15, -0.1) is 0 Å². The lowest BCUT2D eigenvalue weighted by molar-refractivity contribution is -0.116. The number of anilines is 1. The zero-order valence-corrected chi connectivity index (χ0v) is 11.2. The minimum absolute atomic E-state index is 0.113. The molecule has 0 atom stereocenters. The van der Waals surface area contributed by atoms with Crippen LogP contribution in [0.25, 0.3) is 0 Å². The van der Waals surface area contributed by atoms with Crippen molar-refractivity contribution in [2.75, 3.05) is 5.32 Å². The Hall–Kier alpha value is -0.830. The van der Waals surface area contributed by atoms with E-state index in [4.69, 9.17) is 0 Å². The number of nitrogens with one attached hydrogen (secondary N) is 1. The van der Waals surface area contributed by atoms with Crippen LogP contribution in [0.15, 0.2) is 24.3 Å². The van der Waals surface area contributed by atoms with E-state index in [9.17, 15) is 4.79 Å². The molecule has 1 amide bonds. The zero-order valence-electron chi connectivity index (χ0n) is 9.63. The summed E-state index contributed by atoms with van der Waals surface area (Å²) in [4.78, 5) is 11.6. The van der Waals surface area contributed by atoms with Crippen molar-refractivity contribution in [3.8, 4) is 0 Å². The predicted octanol–water partition coefficient (Wildman–Crippen LogP) is 4.10. The summed E-state index contributed by atoms with van der Waals surface area (Å²) in [7, 11) is 0. The number of para-hydroxylation sites is 1. The van der Waals surface area contributed by atoms with E-state index < -0.39 is 0 Å². The largest absolute Gasteiger partial charge is 0.326 e. The van der Waals surface area contributed by atoms with Crippen LogP contribution in [0, 0.1) is 0 Å². The van der Waals surface area contributed by atoms with Crippen molar-refractivity contribution < 1.29 is 4.79 Å². The summed E-state index contributed by atoms with van der Waals surface area (Å²) >= 11 is 3.41. The lowest BCUT2D eigenvalue weighted by atomic mass is 10.1. The number of carbonyl (C=O) groups is 1. The number of carbonyl (C=O) groups excluding carboxylic acids is 1. The Labute approximate surface area is 106 Å². The van der Waals surface area contributed by atoms with Gasteiger partial charge in [0.25, 0.3) is 0 Å². The molecule has 1 aromatic carbocycles. The molecule has 16 heavy (non-hydrogen) atoms. The molecule has 1 rings (SSSR count). The fourth-order valence-corrected chi connectivity index (χ4v) is 2.00. The minimum atomic E-state index is 0.113. The number of amides is 1. The van der Waals surface area contributed by atoms with E-state index in [0.717, 1.165) is 35.8 Å². The van der Waals surface area contributed by atoms with E-state index in [1.54, 1.807) is 0 Å². The van der Waals surface area contributed by atoms with Crippen molar-refractivity contribution in [1.29, 1.82) is 0 Å². The SMILES string of the molecule is CCCCCC(=O)Nc1ccccc1CBr. The highest BCUT2D eigenvalue weighted by atomic mass is 79.9. The fraction of sp³-hybridized carbons (Fsp3) is 0.462. The van der Waals surface area contributed by atoms with Gasteiger partial charge >= 0.3 is 0 Å². The first-order chi connectivity index (χ1) is 7.77. The normalized spacial score (nSPS) is 10.1. The van der Waals surface area contributed by atoms with Crippen LogP contribution in [0.5, 0.6) is 0 Å². The van der Waals surface area contributed by atoms with Crippen molar-refractivity contribution >= 4 is 27.5 Å². The van der Waals surface area contributed by atoms with E-state index >= 15 is 0 Å². The van der Waals surface area contributed by atoms with E-state index in [-0.39, 0.29) is 5.91 Å². The van der Waals surface area contributed by atoms with E-state index in [1.807, 2.05) is 24.3 Å². The van der Waals surface area contributed by atoms with Crippen LogP contribution >= 0.6 is 15.9 Å². The van der Waals surface area contributed by atoms with Gasteiger partial charge in [0.15, 0.2) is 0 Å². The average Bonchev–Trinajstić information content (AvgIpc) is 2.30. The molecule has 0 saturated carbocycles. The standard InChI is InChI=1S/C13H18BrNO/c1-2-3-4-9-13(16)15-12-8-6-5-7-11(12)10-14/h5-8H,2-4,9-10H2,1H3,(H,15,16). The molecule has 0 unspecified atom stereocenters. The summed E-state index contributed by atoms with van der Waals surface area (Å²) in [5, 5.41) is 3.71.